The van der Waals surface area contributed by atoms with Gasteiger partial charge in [-0.25, -0.2) is 0 Å². The maximum absolute atomic E-state index is 8.96. The first-order chi connectivity index (χ1) is 8.40. The molecular formula is C14H23ClN2O. The van der Waals surface area contributed by atoms with Gasteiger partial charge >= 0.3 is 0 Å². The van der Waals surface area contributed by atoms with E-state index >= 15 is 0 Å². The van der Waals surface area contributed by atoms with E-state index in [-0.39, 0.29) is 12.0 Å². The summed E-state index contributed by atoms with van der Waals surface area (Å²) in [7, 11) is 0. The van der Waals surface area contributed by atoms with E-state index in [0.717, 1.165) is 31.7 Å². The third-order valence-corrected chi connectivity index (χ3v) is 2.73. The Bertz CT molecular complexity index is 346. The predicted molar refractivity (Wildman–Crippen MR) is 75.7 cm³/mol. The molecule has 0 aliphatic heterocycles. The van der Waals surface area contributed by atoms with E-state index in [1.54, 1.807) is 6.20 Å². The molecule has 0 amide bonds. The molecule has 0 atom stereocenters. The maximum Gasteiger partial charge on any atom is 0.0589 e. The Hall–Kier alpha value is -0.640. The van der Waals surface area contributed by atoms with Crippen LogP contribution in [-0.4, -0.2) is 34.7 Å². The molecule has 0 radical (unpaired) electrons. The van der Waals surface area contributed by atoms with Gasteiger partial charge in [0.1, 0.15) is 0 Å². The molecule has 0 aliphatic rings. The van der Waals surface area contributed by atoms with Gasteiger partial charge in [0.05, 0.1) is 10.7 Å². The first-order valence-corrected chi connectivity index (χ1v) is 6.72. The van der Waals surface area contributed by atoms with Crippen molar-refractivity contribution in [2.75, 3.05) is 19.7 Å². The van der Waals surface area contributed by atoms with Crippen molar-refractivity contribution in [3.63, 3.8) is 0 Å². The summed E-state index contributed by atoms with van der Waals surface area (Å²) in [6.07, 6.45) is 2.47. The van der Waals surface area contributed by atoms with Crippen LogP contribution in [0.1, 0.15) is 32.9 Å². The highest BCUT2D eigenvalue weighted by molar-refractivity contribution is 6.30. The fourth-order valence-corrected chi connectivity index (χ4v) is 2.02. The summed E-state index contributed by atoms with van der Waals surface area (Å²) in [5.74, 6) is 0. The molecule has 1 aromatic heterocycles. The highest BCUT2D eigenvalue weighted by Crippen LogP contribution is 2.17. The number of pyridine rings is 1. The second-order valence-electron chi connectivity index (χ2n) is 5.82. The molecule has 0 saturated carbocycles. The lowest BCUT2D eigenvalue weighted by atomic mass is 9.96. The van der Waals surface area contributed by atoms with Crippen molar-refractivity contribution in [1.82, 2.24) is 9.88 Å². The molecule has 102 valence electrons. The van der Waals surface area contributed by atoms with Crippen LogP contribution in [0.25, 0.3) is 0 Å². The van der Waals surface area contributed by atoms with Crippen LogP contribution in [0.4, 0.5) is 0 Å². The minimum absolute atomic E-state index is 0.231. The normalized spacial score (nSPS) is 12.1. The van der Waals surface area contributed by atoms with Crippen LogP contribution in [0.3, 0.4) is 0 Å². The van der Waals surface area contributed by atoms with Gasteiger partial charge in [0.25, 0.3) is 0 Å². The second kappa shape index (κ2) is 7.07. The minimum atomic E-state index is 0.231. The third kappa shape index (κ3) is 6.34. The van der Waals surface area contributed by atoms with E-state index in [9.17, 15) is 0 Å². The van der Waals surface area contributed by atoms with Crippen molar-refractivity contribution >= 4 is 11.6 Å². The number of rotatable bonds is 6. The van der Waals surface area contributed by atoms with Gasteiger partial charge < -0.3 is 5.11 Å². The summed E-state index contributed by atoms with van der Waals surface area (Å²) in [5, 5.41) is 9.62. The molecule has 0 aromatic carbocycles. The number of hydrogen-bond acceptors (Lipinski definition) is 3. The van der Waals surface area contributed by atoms with Crippen molar-refractivity contribution in [2.24, 2.45) is 5.41 Å². The van der Waals surface area contributed by atoms with Gasteiger partial charge in [-0.05, 0) is 24.0 Å². The van der Waals surface area contributed by atoms with E-state index in [4.69, 9.17) is 16.7 Å². The van der Waals surface area contributed by atoms with Gasteiger partial charge in [-0.3, -0.25) is 9.88 Å². The van der Waals surface area contributed by atoms with Gasteiger partial charge in [0.15, 0.2) is 0 Å². The molecule has 3 nitrogen and oxygen atoms in total. The molecule has 0 bridgehead atoms. The minimum Gasteiger partial charge on any atom is -0.396 e. The van der Waals surface area contributed by atoms with Crippen LogP contribution in [0.15, 0.2) is 18.3 Å². The van der Waals surface area contributed by atoms with E-state index in [2.05, 4.69) is 30.7 Å². The summed E-state index contributed by atoms with van der Waals surface area (Å²) < 4.78 is 0. The molecule has 4 heteroatoms. The molecule has 18 heavy (non-hydrogen) atoms. The third-order valence-electron chi connectivity index (χ3n) is 2.50. The highest BCUT2D eigenvalue weighted by atomic mass is 35.5. The lowest BCUT2D eigenvalue weighted by Gasteiger charge is -2.29. The topological polar surface area (TPSA) is 36.4 Å². The van der Waals surface area contributed by atoms with Crippen LogP contribution >= 0.6 is 11.6 Å². The summed E-state index contributed by atoms with van der Waals surface area (Å²) in [6, 6.07) is 3.82. The predicted octanol–water partition coefficient (Wildman–Crippen LogP) is 2.97. The monoisotopic (exact) mass is 270 g/mol. The number of hydrogen-bond donors (Lipinski definition) is 1. The fourth-order valence-electron chi connectivity index (χ4n) is 1.91. The van der Waals surface area contributed by atoms with Gasteiger partial charge in [-0.15, -0.1) is 0 Å². The Kier molecular flexibility index (Phi) is 6.06. The molecule has 0 unspecified atom stereocenters. The zero-order valence-corrected chi connectivity index (χ0v) is 12.2. The van der Waals surface area contributed by atoms with Crippen molar-refractivity contribution < 1.29 is 5.11 Å². The van der Waals surface area contributed by atoms with E-state index < -0.39 is 0 Å². The van der Waals surface area contributed by atoms with Crippen LogP contribution < -0.4 is 0 Å². The van der Waals surface area contributed by atoms with Gasteiger partial charge in [0, 0.05) is 32.4 Å². The average Bonchev–Trinajstić information content (AvgIpc) is 2.27. The summed E-state index contributed by atoms with van der Waals surface area (Å²) in [4.78, 5) is 6.65. The lowest BCUT2D eigenvalue weighted by Crippen LogP contribution is -2.33. The first kappa shape index (κ1) is 15.4. The number of aromatic nitrogens is 1. The number of aliphatic hydroxyl groups excluding tert-OH is 1. The quantitative estimate of drug-likeness (QED) is 0.863. The van der Waals surface area contributed by atoms with Gasteiger partial charge in [-0.2, -0.15) is 0 Å². The Morgan fingerprint density at radius 3 is 2.56 bits per heavy atom. The zero-order valence-electron chi connectivity index (χ0n) is 11.5. The lowest BCUT2D eigenvalue weighted by molar-refractivity contribution is 0.164. The fraction of sp³-hybridized carbons (Fsp3) is 0.643. The standard InChI is InChI=1S/C14H23ClN2O/c1-14(2,3)11-17(7-4-8-18)10-13-6-5-12(15)9-16-13/h5-6,9,18H,4,7-8,10-11H2,1-3H3. The van der Waals surface area contributed by atoms with Crippen LogP contribution in [-0.2, 0) is 6.54 Å². The second-order valence-corrected chi connectivity index (χ2v) is 6.25. The Balaban J connectivity index is 2.62. The SMILES string of the molecule is CC(C)(C)CN(CCCO)Cc1ccc(Cl)cn1. The average molecular weight is 271 g/mol. The number of halogens is 1. The van der Waals surface area contributed by atoms with Crippen molar-refractivity contribution in [1.29, 1.82) is 0 Å². The zero-order chi connectivity index (χ0) is 13.6. The molecular weight excluding hydrogens is 248 g/mol. The first-order valence-electron chi connectivity index (χ1n) is 6.34. The van der Waals surface area contributed by atoms with Crippen LogP contribution in [0.5, 0.6) is 0 Å². The van der Waals surface area contributed by atoms with Gasteiger partial charge in [0.2, 0.25) is 0 Å². The van der Waals surface area contributed by atoms with Crippen molar-refractivity contribution in [2.45, 2.75) is 33.7 Å². The highest BCUT2D eigenvalue weighted by Gasteiger charge is 2.16. The van der Waals surface area contributed by atoms with E-state index in [1.807, 2.05) is 12.1 Å². The number of nitrogens with zero attached hydrogens (tertiary/aromatic N) is 2. The summed E-state index contributed by atoms with van der Waals surface area (Å²) in [6.45, 7) is 9.55. The summed E-state index contributed by atoms with van der Waals surface area (Å²) >= 11 is 5.83. The van der Waals surface area contributed by atoms with Crippen LogP contribution in [0.2, 0.25) is 5.02 Å². The molecule has 0 aliphatic carbocycles. The smallest absolute Gasteiger partial charge is 0.0589 e. The molecule has 0 saturated heterocycles. The molecule has 1 aromatic rings. The number of aliphatic hydroxyl groups is 1. The van der Waals surface area contributed by atoms with Crippen molar-refractivity contribution in [3.8, 4) is 0 Å². The largest absolute Gasteiger partial charge is 0.396 e. The Morgan fingerprint density at radius 2 is 2.06 bits per heavy atom. The van der Waals surface area contributed by atoms with E-state index in [0.29, 0.717) is 5.02 Å². The Labute approximate surface area is 115 Å². The molecule has 1 rings (SSSR count). The molecule has 1 heterocycles. The van der Waals surface area contributed by atoms with Crippen molar-refractivity contribution in [3.05, 3.63) is 29.0 Å². The van der Waals surface area contributed by atoms with Crippen LogP contribution in [0, 0.1) is 5.41 Å². The van der Waals surface area contributed by atoms with Gasteiger partial charge in [-0.1, -0.05) is 32.4 Å². The molecule has 0 spiro atoms. The Morgan fingerprint density at radius 1 is 1.33 bits per heavy atom. The van der Waals surface area contributed by atoms with E-state index in [1.165, 1.54) is 0 Å². The maximum atomic E-state index is 8.96. The molecule has 0 fully saturated rings. The summed E-state index contributed by atoms with van der Waals surface area (Å²) in [5.41, 5.74) is 1.25. The molecule has 1 N–H and O–H groups in total.